The molecular formula is C15H18BrN5. The summed E-state index contributed by atoms with van der Waals surface area (Å²) in [6.45, 7) is 4.10. The lowest BCUT2D eigenvalue weighted by atomic mass is 10.2. The molecule has 6 heteroatoms. The van der Waals surface area contributed by atoms with Crippen LogP contribution in [0.1, 0.15) is 12.0 Å². The van der Waals surface area contributed by atoms with Crippen molar-refractivity contribution in [1.82, 2.24) is 15.0 Å². The molecule has 3 rings (SSSR count). The number of likely N-dealkylation sites (N-methyl/N-ethyl adjacent to an activating group) is 1. The van der Waals surface area contributed by atoms with E-state index in [4.69, 9.17) is 0 Å². The molecule has 2 aromatic rings. The maximum Gasteiger partial charge on any atom is 0.131 e. The van der Waals surface area contributed by atoms with Crippen molar-refractivity contribution in [3.05, 3.63) is 40.9 Å². The highest BCUT2D eigenvalue weighted by atomic mass is 79.9. The second-order valence-electron chi connectivity index (χ2n) is 5.36. The minimum atomic E-state index is 0.449. The van der Waals surface area contributed by atoms with Gasteiger partial charge in [0.05, 0.1) is 0 Å². The van der Waals surface area contributed by atoms with Crippen molar-refractivity contribution in [2.75, 3.05) is 29.9 Å². The molecular weight excluding hydrogens is 330 g/mol. The molecule has 1 unspecified atom stereocenters. The van der Waals surface area contributed by atoms with Crippen LogP contribution in [0, 0.1) is 6.92 Å². The van der Waals surface area contributed by atoms with Gasteiger partial charge in [0.25, 0.3) is 0 Å². The largest absolute Gasteiger partial charge is 0.355 e. The summed E-state index contributed by atoms with van der Waals surface area (Å²) >= 11 is 3.47. The summed E-state index contributed by atoms with van der Waals surface area (Å²) in [6.07, 6.45) is 6.35. The third kappa shape index (κ3) is 3.00. The Balaban J connectivity index is 1.73. The molecule has 0 saturated carbocycles. The zero-order valence-corrected chi connectivity index (χ0v) is 13.8. The summed E-state index contributed by atoms with van der Waals surface area (Å²) in [5.41, 5.74) is 1.20. The Kier molecular flexibility index (Phi) is 4.05. The van der Waals surface area contributed by atoms with E-state index in [-0.39, 0.29) is 0 Å². The van der Waals surface area contributed by atoms with Crippen LogP contribution in [0.3, 0.4) is 0 Å². The first-order valence-electron chi connectivity index (χ1n) is 7.01. The summed E-state index contributed by atoms with van der Waals surface area (Å²) < 4.78 is 1.03. The Bertz CT molecular complexity index is 619. The molecule has 0 N–H and O–H groups in total. The quantitative estimate of drug-likeness (QED) is 0.853. The molecule has 3 heterocycles. The van der Waals surface area contributed by atoms with Gasteiger partial charge in [-0.25, -0.2) is 15.0 Å². The van der Waals surface area contributed by atoms with Crippen LogP contribution in [0.15, 0.2) is 35.3 Å². The normalized spacial score (nSPS) is 18.0. The maximum absolute atomic E-state index is 4.56. The zero-order valence-electron chi connectivity index (χ0n) is 12.2. The summed E-state index contributed by atoms with van der Waals surface area (Å²) in [5, 5.41) is 0. The van der Waals surface area contributed by atoms with E-state index in [0.29, 0.717) is 6.04 Å². The molecule has 5 nitrogen and oxygen atoms in total. The molecule has 21 heavy (non-hydrogen) atoms. The first-order chi connectivity index (χ1) is 10.1. The minimum absolute atomic E-state index is 0.449. The van der Waals surface area contributed by atoms with Gasteiger partial charge in [0.2, 0.25) is 0 Å². The Labute approximate surface area is 133 Å². The van der Waals surface area contributed by atoms with E-state index < -0.39 is 0 Å². The fourth-order valence-corrected chi connectivity index (χ4v) is 3.24. The number of nitrogens with zero attached hydrogens (tertiary/aromatic N) is 5. The summed E-state index contributed by atoms with van der Waals surface area (Å²) in [7, 11) is 2.10. The van der Waals surface area contributed by atoms with E-state index in [2.05, 4.69) is 60.7 Å². The van der Waals surface area contributed by atoms with E-state index in [1.165, 1.54) is 5.56 Å². The molecule has 0 amide bonds. The lowest BCUT2D eigenvalue weighted by molar-refractivity contribution is 0.683. The zero-order chi connectivity index (χ0) is 14.8. The van der Waals surface area contributed by atoms with Crippen molar-refractivity contribution in [1.29, 1.82) is 0 Å². The van der Waals surface area contributed by atoms with E-state index in [9.17, 15) is 0 Å². The smallest absolute Gasteiger partial charge is 0.131 e. The number of aromatic nitrogens is 3. The van der Waals surface area contributed by atoms with Gasteiger partial charge in [0.1, 0.15) is 18.0 Å². The molecule has 1 saturated heterocycles. The van der Waals surface area contributed by atoms with Crippen molar-refractivity contribution < 1.29 is 0 Å². The SMILES string of the molecule is Cc1cc(Br)cnc1N1CCC(N(C)c2ccncn2)C1. The van der Waals surface area contributed by atoms with Crippen molar-refractivity contribution >= 4 is 27.6 Å². The number of aryl methyl sites for hydroxylation is 1. The van der Waals surface area contributed by atoms with Crippen molar-refractivity contribution in [3.8, 4) is 0 Å². The Hall–Kier alpha value is -1.69. The van der Waals surface area contributed by atoms with Crippen molar-refractivity contribution in [2.24, 2.45) is 0 Å². The lowest BCUT2D eigenvalue weighted by Gasteiger charge is -2.26. The molecule has 0 aromatic carbocycles. The average molecular weight is 348 g/mol. The molecule has 0 spiro atoms. The standard InChI is InChI=1S/C15H18BrN5/c1-11-7-12(16)8-18-15(11)21-6-4-13(9-21)20(2)14-3-5-17-10-19-14/h3,5,7-8,10,13H,4,6,9H2,1-2H3. The van der Waals surface area contributed by atoms with Crippen LogP contribution in [0.2, 0.25) is 0 Å². The van der Waals surface area contributed by atoms with E-state index in [1.807, 2.05) is 12.3 Å². The highest BCUT2D eigenvalue weighted by Gasteiger charge is 2.28. The number of hydrogen-bond acceptors (Lipinski definition) is 5. The van der Waals surface area contributed by atoms with E-state index in [0.717, 1.165) is 35.6 Å². The van der Waals surface area contributed by atoms with Crippen molar-refractivity contribution in [2.45, 2.75) is 19.4 Å². The molecule has 1 aliphatic heterocycles. The van der Waals surface area contributed by atoms with E-state index in [1.54, 1.807) is 12.5 Å². The molecule has 1 aliphatic rings. The Morgan fingerprint density at radius 3 is 2.95 bits per heavy atom. The molecule has 2 aromatic heterocycles. The minimum Gasteiger partial charge on any atom is -0.355 e. The van der Waals surface area contributed by atoms with Crippen LogP contribution in [0.4, 0.5) is 11.6 Å². The second-order valence-corrected chi connectivity index (χ2v) is 6.28. The number of rotatable bonds is 3. The summed E-state index contributed by atoms with van der Waals surface area (Å²) in [5.74, 6) is 2.05. The highest BCUT2D eigenvalue weighted by Crippen LogP contribution is 2.26. The number of hydrogen-bond donors (Lipinski definition) is 0. The number of pyridine rings is 1. The van der Waals surface area contributed by atoms with Crippen LogP contribution >= 0.6 is 15.9 Å². The third-order valence-corrected chi connectivity index (χ3v) is 4.39. The van der Waals surface area contributed by atoms with Gasteiger partial charge in [-0.3, -0.25) is 0 Å². The topological polar surface area (TPSA) is 45.2 Å². The van der Waals surface area contributed by atoms with Crippen LogP contribution in [0.25, 0.3) is 0 Å². The maximum atomic E-state index is 4.56. The summed E-state index contributed by atoms with van der Waals surface area (Å²) in [4.78, 5) is 17.4. The first-order valence-corrected chi connectivity index (χ1v) is 7.80. The van der Waals surface area contributed by atoms with Gasteiger partial charge in [-0.05, 0) is 47.0 Å². The molecule has 1 atom stereocenters. The highest BCUT2D eigenvalue weighted by molar-refractivity contribution is 9.10. The number of halogens is 1. The van der Waals surface area contributed by atoms with Gasteiger partial charge in [-0.15, -0.1) is 0 Å². The fraction of sp³-hybridized carbons (Fsp3) is 0.400. The Morgan fingerprint density at radius 2 is 2.24 bits per heavy atom. The van der Waals surface area contributed by atoms with Crippen LogP contribution < -0.4 is 9.80 Å². The molecule has 0 radical (unpaired) electrons. The van der Waals surface area contributed by atoms with Gasteiger partial charge >= 0.3 is 0 Å². The van der Waals surface area contributed by atoms with Crippen LogP contribution in [-0.4, -0.2) is 41.1 Å². The predicted molar refractivity (Wildman–Crippen MR) is 87.7 cm³/mol. The third-order valence-electron chi connectivity index (χ3n) is 3.96. The van der Waals surface area contributed by atoms with Crippen molar-refractivity contribution in [3.63, 3.8) is 0 Å². The Morgan fingerprint density at radius 1 is 1.38 bits per heavy atom. The second kappa shape index (κ2) is 5.97. The fourth-order valence-electron chi connectivity index (χ4n) is 2.79. The monoisotopic (exact) mass is 347 g/mol. The van der Waals surface area contributed by atoms with E-state index >= 15 is 0 Å². The molecule has 1 fully saturated rings. The van der Waals surface area contributed by atoms with Gasteiger partial charge < -0.3 is 9.80 Å². The van der Waals surface area contributed by atoms with Crippen LogP contribution in [0.5, 0.6) is 0 Å². The molecule has 110 valence electrons. The molecule has 0 aliphatic carbocycles. The van der Waals surface area contributed by atoms with Gasteiger partial charge in [0.15, 0.2) is 0 Å². The van der Waals surface area contributed by atoms with Gasteiger partial charge in [-0.1, -0.05) is 0 Å². The summed E-state index contributed by atoms with van der Waals surface area (Å²) in [6, 6.07) is 4.51. The predicted octanol–water partition coefficient (Wildman–Crippen LogP) is 2.66. The average Bonchev–Trinajstić information content (AvgIpc) is 2.97. The molecule has 0 bridgehead atoms. The van der Waals surface area contributed by atoms with Gasteiger partial charge in [0, 0.05) is 43.0 Å². The first kappa shape index (κ1) is 14.3. The lowest BCUT2D eigenvalue weighted by Crippen LogP contribution is -2.35. The van der Waals surface area contributed by atoms with Crippen LogP contribution in [-0.2, 0) is 0 Å². The van der Waals surface area contributed by atoms with Gasteiger partial charge in [-0.2, -0.15) is 0 Å². The number of anilines is 2.